The van der Waals surface area contributed by atoms with Crippen molar-refractivity contribution in [2.24, 2.45) is 0 Å². The minimum absolute atomic E-state index is 0.0641. The molecule has 28 heavy (non-hydrogen) atoms. The lowest BCUT2D eigenvalue weighted by Gasteiger charge is -2.10. The molecule has 0 aliphatic rings. The van der Waals surface area contributed by atoms with Gasteiger partial charge < -0.3 is 10.3 Å². The van der Waals surface area contributed by atoms with Crippen LogP contribution in [0.15, 0.2) is 53.6 Å². The SMILES string of the molecule is Cc1ccc(S(=O)(=O)NCCC(=O)NCCc2c[nH]c3ccccc23)c(C)c1. The van der Waals surface area contributed by atoms with Gasteiger partial charge in [0.15, 0.2) is 0 Å². The number of carbonyl (C=O) groups excluding carboxylic acids is 1. The van der Waals surface area contributed by atoms with Crippen LogP contribution >= 0.6 is 0 Å². The third-order valence-electron chi connectivity index (χ3n) is 4.66. The zero-order valence-corrected chi connectivity index (χ0v) is 16.9. The van der Waals surface area contributed by atoms with Gasteiger partial charge in [0.2, 0.25) is 15.9 Å². The van der Waals surface area contributed by atoms with E-state index in [1.54, 1.807) is 19.1 Å². The van der Waals surface area contributed by atoms with Crippen LogP contribution < -0.4 is 10.0 Å². The maximum atomic E-state index is 12.4. The Balaban J connectivity index is 1.45. The Morgan fingerprint density at radius 1 is 1.07 bits per heavy atom. The van der Waals surface area contributed by atoms with Gasteiger partial charge in [-0.3, -0.25) is 4.79 Å². The number of aromatic amines is 1. The Labute approximate surface area is 165 Å². The number of nitrogens with one attached hydrogen (secondary N) is 3. The fourth-order valence-electron chi connectivity index (χ4n) is 3.24. The molecule has 3 aromatic rings. The number of hydrogen-bond donors (Lipinski definition) is 3. The van der Waals surface area contributed by atoms with Crippen molar-refractivity contribution in [1.29, 1.82) is 0 Å². The van der Waals surface area contributed by atoms with Gasteiger partial charge >= 0.3 is 0 Å². The van der Waals surface area contributed by atoms with E-state index < -0.39 is 10.0 Å². The minimum atomic E-state index is -3.62. The van der Waals surface area contributed by atoms with Crippen LogP contribution in [0.2, 0.25) is 0 Å². The highest BCUT2D eigenvalue weighted by molar-refractivity contribution is 7.89. The first-order chi connectivity index (χ1) is 13.4. The van der Waals surface area contributed by atoms with Crippen LogP contribution in [0.5, 0.6) is 0 Å². The third kappa shape index (κ3) is 4.79. The van der Waals surface area contributed by atoms with Crippen molar-refractivity contribution in [2.45, 2.75) is 31.6 Å². The van der Waals surface area contributed by atoms with Crippen molar-refractivity contribution >= 4 is 26.8 Å². The smallest absolute Gasteiger partial charge is 0.240 e. The van der Waals surface area contributed by atoms with Crippen molar-refractivity contribution in [2.75, 3.05) is 13.1 Å². The molecule has 0 atom stereocenters. The topological polar surface area (TPSA) is 91.1 Å². The molecular formula is C21H25N3O3S. The second-order valence-corrected chi connectivity index (χ2v) is 8.61. The fraction of sp³-hybridized carbons (Fsp3) is 0.286. The van der Waals surface area contributed by atoms with Gasteiger partial charge in [0.1, 0.15) is 0 Å². The van der Waals surface area contributed by atoms with Crippen molar-refractivity contribution in [3.05, 3.63) is 65.4 Å². The lowest BCUT2D eigenvalue weighted by Crippen LogP contribution is -2.32. The molecule has 0 aliphatic carbocycles. The molecule has 0 aliphatic heterocycles. The van der Waals surface area contributed by atoms with Gasteiger partial charge in [-0.05, 0) is 43.5 Å². The van der Waals surface area contributed by atoms with Gasteiger partial charge in [0.25, 0.3) is 0 Å². The summed E-state index contributed by atoms with van der Waals surface area (Å²) in [5.74, 6) is -0.178. The molecule has 1 heterocycles. The van der Waals surface area contributed by atoms with Crippen molar-refractivity contribution in [3.8, 4) is 0 Å². The molecular weight excluding hydrogens is 374 g/mol. The van der Waals surface area contributed by atoms with Gasteiger partial charge in [0.05, 0.1) is 4.90 Å². The number of amides is 1. The summed E-state index contributed by atoms with van der Waals surface area (Å²) in [6.07, 6.45) is 2.76. The van der Waals surface area contributed by atoms with Gasteiger partial charge in [-0.1, -0.05) is 35.9 Å². The lowest BCUT2D eigenvalue weighted by molar-refractivity contribution is -0.120. The summed E-state index contributed by atoms with van der Waals surface area (Å²) >= 11 is 0. The molecule has 148 valence electrons. The number of rotatable bonds is 8. The summed E-state index contributed by atoms with van der Waals surface area (Å²) in [6, 6.07) is 13.2. The fourth-order valence-corrected chi connectivity index (χ4v) is 4.50. The van der Waals surface area contributed by atoms with Crippen LogP contribution in [0.25, 0.3) is 10.9 Å². The van der Waals surface area contributed by atoms with Gasteiger partial charge in [0, 0.05) is 36.6 Å². The number of para-hydroxylation sites is 1. The lowest BCUT2D eigenvalue weighted by atomic mass is 10.1. The minimum Gasteiger partial charge on any atom is -0.361 e. The molecule has 0 fully saturated rings. The highest BCUT2D eigenvalue weighted by Gasteiger charge is 2.16. The number of hydrogen-bond acceptors (Lipinski definition) is 3. The van der Waals surface area contributed by atoms with E-state index in [-0.39, 0.29) is 23.8 Å². The number of aryl methyl sites for hydroxylation is 2. The van der Waals surface area contributed by atoms with Crippen LogP contribution in [-0.4, -0.2) is 32.4 Å². The molecule has 7 heteroatoms. The van der Waals surface area contributed by atoms with E-state index in [0.717, 1.165) is 22.0 Å². The Morgan fingerprint density at radius 3 is 2.64 bits per heavy atom. The van der Waals surface area contributed by atoms with E-state index >= 15 is 0 Å². The highest BCUT2D eigenvalue weighted by atomic mass is 32.2. The normalized spacial score (nSPS) is 11.6. The van der Waals surface area contributed by atoms with E-state index in [1.165, 1.54) is 0 Å². The molecule has 0 bridgehead atoms. The third-order valence-corrected chi connectivity index (χ3v) is 6.28. The summed E-state index contributed by atoms with van der Waals surface area (Å²) in [4.78, 5) is 15.5. The van der Waals surface area contributed by atoms with E-state index in [0.29, 0.717) is 18.5 Å². The molecule has 0 radical (unpaired) electrons. The Morgan fingerprint density at radius 2 is 1.86 bits per heavy atom. The molecule has 2 aromatic carbocycles. The average molecular weight is 400 g/mol. The van der Waals surface area contributed by atoms with Crippen LogP contribution in [0, 0.1) is 13.8 Å². The van der Waals surface area contributed by atoms with Crippen LogP contribution in [-0.2, 0) is 21.2 Å². The van der Waals surface area contributed by atoms with E-state index in [4.69, 9.17) is 0 Å². The first-order valence-electron chi connectivity index (χ1n) is 9.25. The Hall–Kier alpha value is -2.64. The summed E-state index contributed by atoms with van der Waals surface area (Å²) < 4.78 is 27.3. The molecule has 0 saturated heterocycles. The number of aromatic nitrogens is 1. The molecule has 0 spiro atoms. The predicted molar refractivity (Wildman–Crippen MR) is 111 cm³/mol. The quantitative estimate of drug-likeness (QED) is 0.544. The van der Waals surface area contributed by atoms with E-state index in [2.05, 4.69) is 15.0 Å². The van der Waals surface area contributed by atoms with Gasteiger partial charge in [-0.2, -0.15) is 0 Å². The molecule has 1 amide bonds. The highest BCUT2D eigenvalue weighted by Crippen LogP contribution is 2.18. The van der Waals surface area contributed by atoms with Gasteiger partial charge in [-0.15, -0.1) is 0 Å². The van der Waals surface area contributed by atoms with Crippen molar-refractivity contribution in [3.63, 3.8) is 0 Å². The van der Waals surface area contributed by atoms with Crippen LogP contribution in [0.3, 0.4) is 0 Å². The summed E-state index contributed by atoms with van der Waals surface area (Å²) in [7, 11) is -3.62. The molecule has 3 N–H and O–H groups in total. The number of H-pyrrole nitrogens is 1. The van der Waals surface area contributed by atoms with Crippen molar-refractivity contribution < 1.29 is 13.2 Å². The van der Waals surface area contributed by atoms with Gasteiger partial charge in [-0.25, -0.2) is 13.1 Å². The number of benzene rings is 2. The molecule has 6 nitrogen and oxygen atoms in total. The molecule has 1 aromatic heterocycles. The monoisotopic (exact) mass is 399 g/mol. The zero-order chi connectivity index (χ0) is 20.1. The summed E-state index contributed by atoms with van der Waals surface area (Å²) in [5.41, 5.74) is 3.91. The summed E-state index contributed by atoms with van der Waals surface area (Å²) in [5, 5.41) is 3.99. The zero-order valence-electron chi connectivity index (χ0n) is 16.1. The number of fused-ring (bicyclic) bond motifs is 1. The second kappa shape index (κ2) is 8.58. The van der Waals surface area contributed by atoms with Crippen LogP contribution in [0.1, 0.15) is 23.1 Å². The first-order valence-corrected chi connectivity index (χ1v) is 10.7. The molecule has 0 unspecified atom stereocenters. The molecule has 3 rings (SSSR count). The Kier molecular flexibility index (Phi) is 6.16. The van der Waals surface area contributed by atoms with E-state index in [9.17, 15) is 13.2 Å². The average Bonchev–Trinajstić information content (AvgIpc) is 3.04. The maximum Gasteiger partial charge on any atom is 0.240 e. The molecule has 0 saturated carbocycles. The standard InChI is InChI=1S/C21H25N3O3S/c1-15-7-8-20(16(2)13-15)28(26,27)24-12-10-21(25)22-11-9-17-14-23-19-6-4-3-5-18(17)19/h3-8,13-14,23-24H,9-12H2,1-2H3,(H,22,25). The van der Waals surface area contributed by atoms with Crippen LogP contribution in [0.4, 0.5) is 0 Å². The van der Waals surface area contributed by atoms with Crippen molar-refractivity contribution in [1.82, 2.24) is 15.0 Å². The predicted octanol–water partition coefficient (Wildman–Crippen LogP) is 2.81. The Bertz CT molecular complexity index is 1090. The second-order valence-electron chi connectivity index (χ2n) is 6.88. The first kappa shape index (κ1) is 20.1. The number of carbonyl (C=O) groups is 1. The number of sulfonamides is 1. The maximum absolute atomic E-state index is 12.4. The summed E-state index contributed by atoms with van der Waals surface area (Å²) in [6.45, 7) is 4.25. The largest absolute Gasteiger partial charge is 0.361 e. The van der Waals surface area contributed by atoms with E-state index in [1.807, 2.05) is 43.5 Å².